The molecule has 2 aliphatic rings. The number of hydrogen-bond acceptors (Lipinski definition) is 2. The molecule has 0 aliphatic heterocycles. The van der Waals surface area contributed by atoms with E-state index in [4.69, 9.17) is 5.21 Å². The lowest BCUT2D eigenvalue weighted by Gasteiger charge is -2.36. The largest absolute Gasteiger partial charge is 0.411 e. The van der Waals surface area contributed by atoms with Crippen LogP contribution in [0.2, 0.25) is 0 Å². The van der Waals surface area contributed by atoms with Crippen molar-refractivity contribution in [2.75, 3.05) is 5.33 Å². The van der Waals surface area contributed by atoms with Crippen molar-refractivity contribution in [3.8, 4) is 0 Å². The summed E-state index contributed by atoms with van der Waals surface area (Å²) >= 11 is 3.59. The standard InChI is InChI=1S/C10H16BrNO/c1-9(2)7-3-4-10(9,6-11)8(5-7)12-13/h7,13H,3-6H2,1-2H3/b12-8-/t7-,10-/m1/s1. The van der Waals surface area contributed by atoms with Crippen LogP contribution in [0.3, 0.4) is 0 Å². The molecule has 0 saturated heterocycles. The minimum absolute atomic E-state index is 0.131. The van der Waals surface area contributed by atoms with Gasteiger partial charge in [-0.15, -0.1) is 0 Å². The highest BCUT2D eigenvalue weighted by Gasteiger charge is 2.62. The molecule has 2 saturated carbocycles. The van der Waals surface area contributed by atoms with E-state index in [1.807, 2.05) is 0 Å². The number of nitrogens with zero attached hydrogens (tertiary/aromatic N) is 1. The second kappa shape index (κ2) is 2.72. The smallest absolute Gasteiger partial charge is 0.0649 e. The van der Waals surface area contributed by atoms with E-state index < -0.39 is 0 Å². The van der Waals surface area contributed by atoms with Crippen LogP contribution in [0.25, 0.3) is 0 Å². The fourth-order valence-corrected chi connectivity index (χ4v) is 4.58. The molecule has 0 spiro atoms. The van der Waals surface area contributed by atoms with Crippen LogP contribution < -0.4 is 0 Å². The third-order valence-electron chi connectivity index (χ3n) is 4.51. The fourth-order valence-electron chi connectivity index (χ4n) is 3.25. The molecule has 1 N–H and O–H groups in total. The van der Waals surface area contributed by atoms with Crippen molar-refractivity contribution in [1.82, 2.24) is 0 Å². The normalized spacial score (nSPS) is 44.5. The molecule has 0 aromatic rings. The van der Waals surface area contributed by atoms with Gasteiger partial charge in [-0.2, -0.15) is 0 Å². The van der Waals surface area contributed by atoms with E-state index in [2.05, 4.69) is 34.9 Å². The van der Waals surface area contributed by atoms with Crippen LogP contribution in [0.5, 0.6) is 0 Å². The number of oxime groups is 1. The van der Waals surface area contributed by atoms with E-state index in [1.54, 1.807) is 0 Å². The summed E-state index contributed by atoms with van der Waals surface area (Å²) in [5.74, 6) is 0.718. The molecule has 0 aromatic carbocycles. The zero-order chi connectivity index (χ0) is 9.69. The van der Waals surface area contributed by atoms with Gasteiger partial charge in [0.2, 0.25) is 0 Å². The Bertz CT molecular complexity index is 262. The van der Waals surface area contributed by atoms with Gasteiger partial charge in [0.1, 0.15) is 0 Å². The SMILES string of the molecule is CC1(C)[C@@H]2CC[C@@]1(CBr)/C(=N\O)C2. The Morgan fingerprint density at radius 2 is 2.31 bits per heavy atom. The number of halogens is 1. The molecule has 0 radical (unpaired) electrons. The molecule has 2 rings (SSSR count). The molecule has 13 heavy (non-hydrogen) atoms. The summed E-state index contributed by atoms with van der Waals surface area (Å²) in [6.07, 6.45) is 3.46. The first-order valence-corrected chi connectivity index (χ1v) is 5.98. The van der Waals surface area contributed by atoms with Crippen LogP contribution >= 0.6 is 15.9 Å². The van der Waals surface area contributed by atoms with Gasteiger partial charge in [0.05, 0.1) is 5.71 Å². The van der Waals surface area contributed by atoms with Crippen molar-refractivity contribution in [3.63, 3.8) is 0 Å². The fraction of sp³-hybridized carbons (Fsp3) is 0.900. The van der Waals surface area contributed by atoms with Crippen molar-refractivity contribution in [1.29, 1.82) is 0 Å². The third-order valence-corrected chi connectivity index (χ3v) is 5.47. The molecule has 2 atom stereocenters. The summed E-state index contributed by atoms with van der Waals surface area (Å²) in [5, 5.41) is 13.4. The molecule has 2 fully saturated rings. The van der Waals surface area contributed by atoms with E-state index in [-0.39, 0.29) is 5.41 Å². The van der Waals surface area contributed by atoms with Crippen LogP contribution in [0, 0.1) is 16.7 Å². The summed E-state index contributed by atoms with van der Waals surface area (Å²) in [6, 6.07) is 0. The summed E-state index contributed by atoms with van der Waals surface area (Å²) in [7, 11) is 0. The quantitative estimate of drug-likeness (QED) is 0.430. The molecule has 2 nitrogen and oxygen atoms in total. The Hall–Kier alpha value is -0.0500. The van der Waals surface area contributed by atoms with Crippen LogP contribution in [0.4, 0.5) is 0 Å². The summed E-state index contributed by atoms with van der Waals surface area (Å²) in [5.41, 5.74) is 1.45. The maximum Gasteiger partial charge on any atom is 0.0649 e. The maximum absolute atomic E-state index is 8.98. The summed E-state index contributed by atoms with van der Waals surface area (Å²) in [4.78, 5) is 0. The van der Waals surface area contributed by atoms with Gasteiger partial charge in [0.25, 0.3) is 0 Å². The first-order chi connectivity index (χ1) is 6.08. The Morgan fingerprint density at radius 1 is 1.62 bits per heavy atom. The molecule has 0 aromatic heterocycles. The van der Waals surface area contributed by atoms with Gasteiger partial charge < -0.3 is 5.21 Å². The van der Waals surface area contributed by atoms with Gasteiger partial charge in [-0.1, -0.05) is 34.9 Å². The average Bonchev–Trinajstić information content (AvgIpc) is 2.50. The van der Waals surface area contributed by atoms with Gasteiger partial charge in [-0.25, -0.2) is 0 Å². The van der Waals surface area contributed by atoms with Crippen LogP contribution in [0.1, 0.15) is 33.1 Å². The molecule has 0 amide bonds. The first-order valence-electron chi connectivity index (χ1n) is 4.86. The van der Waals surface area contributed by atoms with Gasteiger partial charge in [-0.3, -0.25) is 0 Å². The van der Waals surface area contributed by atoms with E-state index in [1.165, 1.54) is 12.8 Å². The highest BCUT2D eigenvalue weighted by Crippen LogP contribution is 2.64. The lowest BCUT2D eigenvalue weighted by atomic mass is 9.70. The van der Waals surface area contributed by atoms with E-state index in [9.17, 15) is 0 Å². The molecular formula is C10H16BrNO. The highest BCUT2D eigenvalue weighted by atomic mass is 79.9. The van der Waals surface area contributed by atoms with Gasteiger partial charge in [0, 0.05) is 10.7 Å². The lowest BCUT2D eigenvalue weighted by molar-refractivity contribution is 0.196. The monoisotopic (exact) mass is 245 g/mol. The van der Waals surface area contributed by atoms with Crippen LogP contribution in [-0.2, 0) is 0 Å². The second-order valence-corrected chi connectivity index (χ2v) is 5.48. The van der Waals surface area contributed by atoms with Crippen molar-refractivity contribution >= 4 is 21.6 Å². The van der Waals surface area contributed by atoms with E-state index in [0.29, 0.717) is 5.41 Å². The maximum atomic E-state index is 8.98. The van der Waals surface area contributed by atoms with Crippen molar-refractivity contribution in [2.24, 2.45) is 21.9 Å². The molecule has 0 unspecified atom stereocenters. The third kappa shape index (κ3) is 0.915. The van der Waals surface area contributed by atoms with Crippen LogP contribution in [0.15, 0.2) is 5.16 Å². The number of alkyl halides is 1. The predicted octanol–water partition coefficient (Wildman–Crippen LogP) is 3.04. The summed E-state index contributed by atoms with van der Waals surface area (Å²) < 4.78 is 0. The minimum atomic E-state index is 0.131. The lowest BCUT2D eigenvalue weighted by Crippen LogP contribution is -2.37. The van der Waals surface area contributed by atoms with E-state index in [0.717, 1.165) is 23.4 Å². The zero-order valence-electron chi connectivity index (χ0n) is 8.18. The Kier molecular flexibility index (Phi) is 1.99. The molecule has 0 heterocycles. The van der Waals surface area contributed by atoms with Gasteiger partial charge >= 0.3 is 0 Å². The Labute approximate surface area is 87.5 Å². The van der Waals surface area contributed by atoms with Crippen molar-refractivity contribution in [2.45, 2.75) is 33.1 Å². The molecule has 2 bridgehead atoms. The van der Waals surface area contributed by atoms with Crippen LogP contribution in [-0.4, -0.2) is 16.2 Å². The number of rotatable bonds is 1. The zero-order valence-corrected chi connectivity index (χ0v) is 9.76. The Balaban J connectivity index is 2.47. The van der Waals surface area contributed by atoms with Gasteiger partial charge in [-0.05, 0) is 30.6 Å². The Morgan fingerprint density at radius 3 is 2.69 bits per heavy atom. The summed E-state index contributed by atoms with van der Waals surface area (Å²) in [6.45, 7) is 4.62. The topological polar surface area (TPSA) is 32.6 Å². The molecule has 2 aliphatic carbocycles. The molecule has 3 heteroatoms. The first kappa shape index (κ1) is 9.50. The highest BCUT2D eigenvalue weighted by molar-refractivity contribution is 9.09. The van der Waals surface area contributed by atoms with Crippen molar-refractivity contribution < 1.29 is 5.21 Å². The molecular weight excluding hydrogens is 230 g/mol. The van der Waals surface area contributed by atoms with Gasteiger partial charge in [0.15, 0.2) is 0 Å². The number of hydrogen-bond donors (Lipinski definition) is 1. The second-order valence-electron chi connectivity index (χ2n) is 4.92. The molecule has 74 valence electrons. The van der Waals surface area contributed by atoms with Crippen molar-refractivity contribution in [3.05, 3.63) is 0 Å². The van der Waals surface area contributed by atoms with E-state index >= 15 is 0 Å². The predicted molar refractivity (Wildman–Crippen MR) is 56.6 cm³/mol. The minimum Gasteiger partial charge on any atom is -0.411 e. The number of fused-ring (bicyclic) bond motifs is 2. The average molecular weight is 246 g/mol.